The molecule has 86 valence electrons. The number of carboxylic acids is 1. The Hall–Kier alpha value is -1.75. The fourth-order valence-electron chi connectivity index (χ4n) is 2.07. The van der Waals surface area contributed by atoms with Gasteiger partial charge in [0, 0.05) is 23.0 Å². The van der Waals surface area contributed by atoms with E-state index in [2.05, 4.69) is 15.9 Å². The first kappa shape index (κ1) is 10.4. The minimum Gasteiger partial charge on any atom is -0.477 e. The van der Waals surface area contributed by atoms with Gasteiger partial charge in [0.2, 0.25) is 0 Å². The van der Waals surface area contributed by atoms with Gasteiger partial charge < -0.3 is 14.1 Å². The molecule has 0 saturated carbocycles. The molecule has 3 aromatic rings. The number of carbonyl (C=O) groups is 1. The summed E-state index contributed by atoms with van der Waals surface area (Å²) in [6, 6.07) is 7.24. The molecule has 2 aromatic heterocycles. The quantitative estimate of drug-likeness (QED) is 0.748. The molecule has 0 aliphatic rings. The molecule has 5 heteroatoms. The van der Waals surface area contributed by atoms with Gasteiger partial charge in [-0.2, -0.15) is 0 Å². The molecule has 0 radical (unpaired) electrons. The van der Waals surface area contributed by atoms with Crippen molar-refractivity contribution in [3.05, 3.63) is 34.4 Å². The van der Waals surface area contributed by atoms with Crippen LogP contribution in [0.2, 0.25) is 0 Å². The molecule has 0 saturated heterocycles. The third kappa shape index (κ3) is 1.39. The van der Waals surface area contributed by atoms with E-state index in [4.69, 9.17) is 9.52 Å². The molecule has 17 heavy (non-hydrogen) atoms. The van der Waals surface area contributed by atoms with Crippen LogP contribution in [0.3, 0.4) is 0 Å². The highest BCUT2D eigenvalue weighted by Gasteiger charge is 2.17. The van der Waals surface area contributed by atoms with E-state index in [-0.39, 0.29) is 5.69 Å². The number of halogens is 1. The van der Waals surface area contributed by atoms with Gasteiger partial charge >= 0.3 is 5.97 Å². The number of nitrogens with zero attached hydrogens (tertiary/aromatic N) is 1. The second-order valence-electron chi connectivity index (χ2n) is 3.85. The van der Waals surface area contributed by atoms with Crippen LogP contribution in [0, 0.1) is 0 Å². The second kappa shape index (κ2) is 3.37. The van der Waals surface area contributed by atoms with E-state index >= 15 is 0 Å². The molecule has 0 atom stereocenters. The summed E-state index contributed by atoms with van der Waals surface area (Å²) in [5.41, 5.74) is 2.38. The average molecular weight is 294 g/mol. The third-order valence-electron chi connectivity index (χ3n) is 2.84. The highest BCUT2D eigenvalue weighted by atomic mass is 79.9. The van der Waals surface area contributed by atoms with E-state index in [0.717, 1.165) is 21.0 Å². The summed E-state index contributed by atoms with van der Waals surface area (Å²) in [5, 5.41) is 9.95. The van der Waals surface area contributed by atoms with Gasteiger partial charge in [-0.3, -0.25) is 0 Å². The Labute approximate surface area is 105 Å². The molecule has 0 aliphatic carbocycles. The minimum atomic E-state index is -0.954. The lowest BCUT2D eigenvalue weighted by Crippen LogP contribution is -2.03. The Balaban J connectivity index is 2.46. The van der Waals surface area contributed by atoms with Crippen LogP contribution in [0.1, 0.15) is 10.5 Å². The highest BCUT2D eigenvalue weighted by molar-refractivity contribution is 9.10. The number of aromatic carboxylic acids is 1. The van der Waals surface area contributed by atoms with E-state index in [0.29, 0.717) is 5.58 Å². The highest BCUT2D eigenvalue weighted by Crippen LogP contribution is 2.32. The largest absolute Gasteiger partial charge is 0.477 e. The molecule has 3 rings (SSSR count). The molecule has 0 unspecified atom stereocenters. The van der Waals surface area contributed by atoms with Crippen molar-refractivity contribution in [2.75, 3.05) is 0 Å². The van der Waals surface area contributed by atoms with Gasteiger partial charge in [0.05, 0.1) is 5.52 Å². The molecule has 2 heterocycles. The van der Waals surface area contributed by atoms with E-state index in [1.54, 1.807) is 17.7 Å². The number of benzene rings is 1. The predicted molar refractivity (Wildman–Crippen MR) is 67.4 cm³/mol. The van der Waals surface area contributed by atoms with Crippen molar-refractivity contribution in [1.82, 2.24) is 4.57 Å². The van der Waals surface area contributed by atoms with Crippen LogP contribution in [-0.2, 0) is 7.05 Å². The smallest absolute Gasteiger partial charge is 0.352 e. The first-order chi connectivity index (χ1) is 8.08. The Morgan fingerprint density at radius 2 is 2.12 bits per heavy atom. The number of carboxylic acid groups (broad SMARTS) is 1. The number of fused-ring (bicyclic) bond motifs is 3. The van der Waals surface area contributed by atoms with Crippen molar-refractivity contribution in [1.29, 1.82) is 0 Å². The van der Waals surface area contributed by atoms with Crippen LogP contribution in [0.4, 0.5) is 0 Å². The normalized spacial score (nSPS) is 11.4. The van der Waals surface area contributed by atoms with Crippen molar-refractivity contribution >= 4 is 44.0 Å². The van der Waals surface area contributed by atoms with Crippen molar-refractivity contribution in [2.24, 2.45) is 7.05 Å². The van der Waals surface area contributed by atoms with Crippen molar-refractivity contribution in [3.8, 4) is 0 Å². The fraction of sp³-hybridized carbons (Fsp3) is 0.0833. The predicted octanol–water partition coefficient (Wildman–Crippen LogP) is 3.39. The number of furan rings is 1. The molecule has 0 spiro atoms. The molecule has 1 N–H and O–H groups in total. The molecular weight excluding hydrogens is 286 g/mol. The van der Waals surface area contributed by atoms with E-state index in [1.165, 1.54) is 0 Å². The molecular formula is C12H8BrNO3. The molecule has 0 amide bonds. The van der Waals surface area contributed by atoms with Crippen molar-refractivity contribution in [2.45, 2.75) is 0 Å². The van der Waals surface area contributed by atoms with Gasteiger partial charge in [-0.1, -0.05) is 15.9 Å². The Morgan fingerprint density at radius 1 is 1.35 bits per heavy atom. The number of hydrogen-bond acceptors (Lipinski definition) is 2. The summed E-state index contributed by atoms with van der Waals surface area (Å²) in [6.45, 7) is 0. The monoisotopic (exact) mass is 293 g/mol. The van der Waals surface area contributed by atoms with Crippen LogP contribution < -0.4 is 0 Å². The number of aryl methyl sites for hydroxylation is 1. The summed E-state index contributed by atoms with van der Waals surface area (Å²) >= 11 is 3.37. The lowest BCUT2D eigenvalue weighted by molar-refractivity contribution is 0.0687. The first-order valence-electron chi connectivity index (χ1n) is 4.98. The van der Waals surface area contributed by atoms with Crippen LogP contribution in [0.15, 0.2) is 33.2 Å². The standard InChI is InChI=1S/C12H8BrNO3/c1-14-8(12(15)16)5-10-11(14)7-3-2-6(13)4-9(7)17-10/h2-5H,1H3,(H,15,16). The summed E-state index contributed by atoms with van der Waals surface area (Å²) < 4.78 is 8.20. The molecule has 0 fully saturated rings. The van der Waals surface area contributed by atoms with Gasteiger partial charge in [0.25, 0.3) is 0 Å². The minimum absolute atomic E-state index is 0.226. The summed E-state index contributed by atoms with van der Waals surface area (Å²) in [6.07, 6.45) is 0. The van der Waals surface area contributed by atoms with Gasteiger partial charge in [-0.25, -0.2) is 4.79 Å². The summed E-state index contributed by atoms with van der Waals surface area (Å²) in [5.74, 6) is -0.954. The number of rotatable bonds is 1. The number of hydrogen-bond donors (Lipinski definition) is 1. The Morgan fingerprint density at radius 3 is 2.82 bits per heavy atom. The maximum atomic E-state index is 11.0. The van der Waals surface area contributed by atoms with Crippen molar-refractivity contribution < 1.29 is 14.3 Å². The van der Waals surface area contributed by atoms with Crippen LogP contribution >= 0.6 is 15.9 Å². The SMILES string of the molecule is Cn1c(C(=O)O)cc2oc3cc(Br)ccc3c21. The lowest BCUT2D eigenvalue weighted by atomic mass is 10.2. The van der Waals surface area contributed by atoms with Crippen molar-refractivity contribution in [3.63, 3.8) is 0 Å². The lowest BCUT2D eigenvalue weighted by Gasteiger charge is -1.98. The zero-order valence-corrected chi connectivity index (χ0v) is 10.5. The second-order valence-corrected chi connectivity index (χ2v) is 4.76. The van der Waals surface area contributed by atoms with Crippen LogP contribution in [0.5, 0.6) is 0 Å². The van der Waals surface area contributed by atoms with Gasteiger partial charge in [0.1, 0.15) is 11.3 Å². The molecule has 0 bridgehead atoms. The zero-order chi connectivity index (χ0) is 12.2. The van der Waals surface area contributed by atoms with Crippen LogP contribution in [0.25, 0.3) is 22.1 Å². The third-order valence-corrected chi connectivity index (χ3v) is 3.33. The fourth-order valence-corrected chi connectivity index (χ4v) is 2.41. The Bertz CT molecular complexity index is 754. The molecule has 4 nitrogen and oxygen atoms in total. The van der Waals surface area contributed by atoms with E-state index in [9.17, 15) is 4.79 Å². The van der Waals surface area contributed by atoms with Crippen LogP contribution in [-0.4, -0.2) is 15.6 Å². The Kier molecular flexibility index (Phi) is 2.06. The molecule has 1 aromatic carbocycles. The maximum Gasteiger partial charge on any atom is 0.352 e. The van der Waals surface area contributed by atoms with Gasteiger partial charge in [-0.15, -0.1) is 0 Å². The average Bonchev–Trinajstić information content (AvgIpc) is 2.75. The van der Waals surface area contributed by atoms with Gasteiger partial charge in [-0.05, 0) is 18.2 Å². The first-order valence-corrected chi connectivity index (χ1v) is 5.78. The zero-order valence-electron chi connectivity index (χ0n) is 8.90. The van der Waals surface area contributed by atoms with Gasteiger partial charge in [0.15, 0.2) is 5.58 Å². The van der Waals surface area contributed by atoms with E-state index in [1.807, 2.05) is 18.2 Å². The number of aromatic nitrogens is 1. The maximum absolute atomic E-state index is 11.0. The topological polar surface area (TPSA) is 55.4 Å². The summed E-state index contributed by atoms with van der Waals surface area (Å²) in [4.78, 5) is 11.0. The summed E-state index contributed by atoms with van der Waals surface area (Å²) in [7, 11) is 1.72. The van der Waals surface area contributed by atoms with E-state index < -0.39 is 5.97 Å². The molecule has 0 aliphatic heterocycles.